The van der Waals surface area contributed by atoms with Crippen LogP contribution in [0.3, 0.4) is 0 Å². The van der Waals surface area contributed by atoms with Gasteiger partial charge in [-0.2, -0.15) is 23.4 Å². The van der Waals surface area contributed by atoms with E-state index in [1.165, 1.54) is 14.2 Å². The van der Waals surface area contributed by atoms with E-state index < -0.39 is 23.8 Å². The second kappa shape index (κ2) is 7.43. The highest BCUT2D eigenvalue weighted by atomic mass is 19.4. The third kappa shape index (κ3) is 3.72. The Morgan fingerprint density at radius 3 is 2.80 bits per heavy atom. The second-order valence-electron chi connectivity index (χ2n) is 6.81. The Morgan fingerprint density at radius 2 is 2.10 bits per heavy atom. The maximum absolute atomic E-state index is 12.9. The summed E-state index contributed by atoms with van der Waals surface area (Å²) in [6.07, 6.45) is -1.72. The van der Waals surface area contributed by atoms with Crippen molar-refractivity contribution < 1.29 is 22.7 Å². The molecule has 0 spiro atoms. The summed E-state index contributed by atoms with van der Waals surface area (Å²) in [7, 11) is 2.80. The van der Waals surface area contributed by atoms with E-state index in [1.807, 2.05) is 0 Å². The zero-order valence-electron chi connectivity index (χ0n) is 16.1. The van der Waals surface area contributed by atoms with Gasteiger partial charge in [-0.1, -0.05) is 0 Å². The summed E-state index contributed by atoms with van der Waals surface area (Å²) in [4.78, 5) is 21.2. The van der Waals surface area contributed by atoms with Crippen LogP contribution in [0.25, 0.3) is 11.4 Å². The van der Waals surface area contributed by atoms with Crippen LogP contribution in [0.4, 0.5) is 13.2 Å². The predicted octanol–water partition coefficient (Wildman–Crippen LogP) is 2.37. The normalized spacial score (nSPS) is 16.2. The number of alkyl halides is 3. The Morgan fingerprint density at radius 1 is 1.30 bits per heavy atom. The molecule has 0 fully saturated rings. The maximum atomic E-state index is 12.9. The molecule has 30 heavy (non-hydrogen) atoms. The summed E-state index contributed by atoms with van der Waals surface area (Å²) in [5.74, 6) is 0.751. The average molecular weight is 421 g/mol. The summed E-state index contributed by atoms with van der Waals surface area (Å²) < 4.78 is 46.4. The number of carbonyl (C=O) groups is 1. The van der Waals surface area contributed by atoms with Crippen molar-refractivity contribution in [3.8, 4) is 17.3 Å². The number of pyridine rings is 1. The topological polar surface area (TPSA) is 99.7 Å². The molecule has 0 unspecified atom stereocenters. The van der Waals surface area contributed by atoms with Crippen molar-refractivity contribution >= 4 is 5.91 Å². The molecule has 1 N–H and O–H groups in total. The molecule has 4 heterocycles. The van der Waals surface area contributed by atoms with Gasteiger partial charge >= 0.3 is 6.18 Å². The molecule has 1 atom stereocenters. The highest BCUT2D eigenvalue weighted by Gasteiger charge is 2.36. The molecule has 3 aromatic rings. The first kappa shape index (κ1) is 19.9. The molecule has 12 heteroatoms. The third-order valence-corrected chi connectivity index (χ3v) is 4.79. The van der Waals surface area contributed by atoms with Crippen molar-refractivity contribution in [2.45, 2.75) is 31.6 Å². The van der Waals surface area contributed by atoms with Gasteiger partial charge < -0.3 is 10.1 Å². The van der Waals surface area contributed by atoms with Gasteiger partial charge in [-0.3, -0.25) is 9.48 Å². The molecule has 1 amide bonds. The predicted molar refractivity (Wildman–Crippen MR) is 97.5 cm³/mol. The van der Waals surface area contributed by atoms with Crippen molar-refractivity contribution in [2.24, 2.45) is 7.05 Å². The van der Waals surface area contributed by atoms with Crippen molar-refractivity contribution in [1.29, 1.82) is 0 Å². The lowest BCUT2D eigenvalue weighted by Gasteiger charge is -2.22. The van der Waals surface area contributed by atoms with Crippen LogP contribution in [0.2, 0.25) is 0 Å². The molecule has 3 aromatic heterocycles. The minimum atomic E-state index is -4.62. The van der Waals surface area contributed by atoms with Crippen LogP contribution < -0.4 is 10.1 Å². The molecule has 1 aliphatic rings. The highest BCUT2D eigenvalue weighted by molar-refractivity contribution is 5.93. The number of nitrogens with one attached hydrogen (secondary N) is 1. The van der Waals surface area contributed by atoms with Gasteiger partial charge in [0.15, 0.2) is 11.5 Å². The lowest BCUT2D eigenvalue weighted by atomic mass is 10.1. The monoisotopic (exact) mass is 421 g/mol. The standard InChI is InChI=1S/C18H18F3N7O2/c1-27-12(9-13(25-27)18(19,20)21)17(29)23-11-4-3-7-28-16(11)24-15(26-28)10-5-6-22-14(8-10)30-2/h5-6,8-9,11H,3-4,7H2,1-2H3,(H,23,29)/t11-/m1/s1. The molecular weight excluding hydrogens is 403 g/mol. The van der Waals surface area contributed by atoms with Crippen molar-refractivity contribution in [3.05, 3.63) is 41.6 Å². The fourth-order valence-electron chi connectivity index (χ4n) is 3.32. The van der Waals surface area contributed by atoms with Gasteiger partial charge in [0.25, 0.3) is 5.91 Å². The van der Waals surface area contributed by atoms with E-state index in [0.29, 0.717) is 36.1 Å². The van der Waals surface area contributed by atoms with Gasteiger partial charge in [-0.25, -0.2) is 14.6 Å². The number of carbonyl (C=O) groups excluding carboxylic acids is 1. The van der Waals surface area contributed by atoms with Gasteiger partial charge in [0.1, 0.15) is 11.5 Å². The number of aryl methyl sites for hydroxylation is 2. The second-order valence-corrected chi connectivity index (χ2v) is 6.81. The molecule has 9 nitrogen and oxygen atoms in total. The first-order valence-electron chi connectivity index (χ1n) is 9.13. The number of amides is 1. The van der Waals surface area contributed by atoms with Gasteiger partial charge in [-0.15, -0.1) is 0 Å². The quantitative estimate of drug-likeness (QED) is 0.694. The Kier molecular flexibility index (Phi) is 4.92. The highest BCUT2D eigenvalue weighted by Crippen LogP contribution is 2.30. The number of aromatic nitrogens is 6. The zero-order valence-corrected chi connectivity index (χ0v) is 16.1. The number of rotatable bonds is 4. The minimum absolute atomic E-state index is 0.182. The average Bonchev–Trinajstić information content (AvgIpc) is 3.32. The fraction of sp³-hybridized carbons (Fsp3) is 0.389. The van der Waals surface area contributed by atoms with Gasteiger partial charge in [-0.05, 0) is 18.9 Å². The number of ether oxygens (including phenoxy) is 1. The molecule has 1 aliphatic heterocycles. The van der Waals surface area contributed by atoms with Crippen LogP contribution in [0.5, 0.6) is 5.88 Å². The number of fused-ring (bicyclic) bond motifs is 1. The number of nitrogens with zero attached hydrogens (tertiary/aromatic N) is 6. The minimum Gasteiger partial charge on any atom is -0.481 e. The molecule has 0 aromatic carbocycles. The molecule has 0 radical (unpaired) electrons. The van der Waals surface area contributed by atoms with E-state index in [2.05, 4.69) is 25.5 Å². The van der Waals surface area contributed by atoms with Crippen LogP contribution in [0.15, 0.2) is 24.4 Å². The number of hydrogen-bond acceptors (Lipinski definition) is 6. The fourth-order valence-corrected chi connectivity index (χ4v) is 3.32. The van der Waals surface area contributed by atoms with Crippen LogP contribution in [0, 0.1) is 0 Å². The number of halogens is 3. The van der Waals surface area contributed by atoms with Gasteiger partial charge in [0, 0.05) is 37.5 Å². The van der Waals surface area contributed by atoms with E-state index in [1.54, 1.807) is 23.0 Å². The van der Waals surface area contributed by atoms with Crippen LogP contribution in [-0.2, 0) is 19.8 Å². The zero-order chi connectivity index (χ0) is 21.5. The van der Waals surface area contributed by atoms with Gasteiger partial charge in [0.2, 0.25) is 5.88 Å². The molecule has 0 bridgehead atoms. The Hall–Kier alpha value is -3.44. The lowest BCUT2D eigenvalue weighted by molar-refractivity contribution is -0.141. The molecule has 0 saturated heterocycles. The van der Waals surface area contributed by atoms with Gasteiger partial charge in [0.05, 0.1) is 13.2 Å². The summed E-state index contributed by atoms with van der Waals surface area (Å²) in [5, 5.41) is 10.6. The van der Waals surface area contributed by atoms with Crippen molar-refractivity contribution in [3.63, 3.8) is 0 Å². The Bertz CT molecular complexity index is 1090. The van der Waals surface area contributed by atoms with Crippen molar-refractivity contribution in [2.75, 3.05) is 7.11 Å². The lowest BCUT2D eigenvalue weighted by Crippen LogP contribution is -2.34. The van der Waals surface area contributed by atoms with Crippen LogP contribution in [0.1, 0.15) is 40.9 Å². The number of methoxy groups -OCH3 is 1. The van der Waals surface area contributed by atoms with E-state index in [0.717, 1.165) is 17.2 Å². The summed E-state index contributed by atoms with van der Waals surface area (Å²) in [6.45, 7) is 0.626. The molecule has 4 rings (SSSR count). The molecule has 0 saturated carbocycles. The summed E-state index contributed by atoms with van der Waals surface area (Å²) in [6, 6.07) is 3.69. The largest absolute Gasteiger partial charge is 0.481 e. The maximum Gasteiger partial charge on any atom is 0.435 e. The van der Waals surface area contributed by atoms with Crippen molar-refractivity contribution in [1.82, 2.24) is 34.8 Å². The Balaban J connectivity index is 1.59. The SMILES string of the molecule is COc1cc(-c2nc3n(n2)CCC[C@H]3NC(=O)c2cc(C(F)(F)F)nn2C)ccn1. The van der Waals surface area contributed by atoms with Crippen LogP contribution >= 0.6 is 0 Å². The molecule has 0 aliphatic carbocycles. The van der Waals surface area contributed by atoms with E-state index in [9.17, 15) is 18.0 Å². The molecule has 158 valence electrons. The Labute approximate surface area is 168 Å². The summed E-state index contributed by atoms with van der Waals surface area (Å²) in [5.41, 5.74) is -0.593. The first-order chi connectivity index (χ1) is 14.3. The van der Waals surface area contributed by atoms with E-state index in [-0.39, 0.29) is 5.69 Å². The van der Waals surface area contributed by atoms with E-state index in [4.69, 9.17) is 4.74 Å². The molecular formula is C18H18F3N7O2. The smallest absolute Gasteiger partial charge is 0.435 e. The van der Waals surface area contributed by atoms with E-state index >= 15 is 0 Å². The number of hydrogen-bond donors (Lipinski definition) is 1. The first-order valence-corrected chi connectivity index (χ1v) is 9.13. The third-order valence-electron chi connectivity index (χ3n) is 4.79. The summed E-state index contributed by atoms with van der Waals surface area (Å²) >= 11 is 0. The van der Waals surface area contributed by atoms with Crippen LogP contribution in [-0.4, -0.2) is 42.5 Å².